The maximum Gasteiger partial charge on any atom is 0.316 e. The van der Waals surface area contributed by atoms with Crippen LogP contribution in [-0.4, -0.2) is 50.2 Å². The molecule has 8 nitrogen and oxygen atoms in total. The van der Waals surface area contributed by atoms with E-state index in [9.17, 15) is 4.79 Å². The summed E-state index contributed by atoms with van der Waals surface area (Å²) in [5, 5.41) is 7.39. The van der Waals surface area contributed by atoms with Crippen molar-refractivity contribution in [2.45, 2.75) is 18.9 Å². The predicted octanol–water partition coefficient (Wildman–Crippen LogP) is 2.80. The fraction of sp³-hybridized carbons (Fsp3) is 0.294. The number of hydrogen-bond donors (Lipinski definition) is 1. The number of nitrogens with zero attached hydrogens (tertiary/aromatic N) is 4. The van der Waals surface area contributed by atoms with Crippen LogP contribution in [0, 0.1) is 0 Å². The number of aromatic amines is 1. The quantitative estimate of drug-likeness (QED) is 0.755. The molecule has 134 valence electrons. The first kappa shape index (κ1) is 16.6. The summed E-state index contributed by atoms with van der Waals surface area (Å²) in [5.41, 5.74) is 1.01. The van der Waals surface area contributed by atoms with Crippen LogP contribution in [0.5, 0.6) is 6.01 Å². The first-order chi connectivity index (χ1) is 12.7. The molecule has 4 rings (SSSR count). The predicted molar refractivity (Wildman–Crippen MR) is 92.9 cm³/mol. The Bertz CT molecular complexity index is 878. The number of likely N-dealkylation sites (tertiary alicyclic amines) is 1. The Labute approximate surface area is 154 Å². The zero-order valence-electron chi connectivity index (χ0n) is 13.8. The summed E-state index contributed by atoms with van der Waals surface area (Å²) in [6.07, 6.45) is 6.03. The summed E-state index contributed by atoms with van der Waals surface area (Å²) < 4.78 is 11.1. The average Bonchev–Trinajstić information content (AvgIpc) is 3.35. The number of H-pyrrole nitrogens is 1. The molecule has 9 heteroatoms. The summed E-state index contributed by atoms with van der Waals surface area (Å²) >= 11 is 5.78. The highest BCUT2D eigenvalue weighted by Gasteiger charge is 2.27. The van der Waals surface area contributed by atoms with E-state index in [4.69, 9.17) is 20.8 Å². The summed E-state index contributed by atoms with van der Waals surface area (Å²) in [4.78, 5) is 22.5. The van der Waals surface area contributed by atoms with Crippen molar-refractivity contribution < 1.29 is 13.9 Å². The highest BCUT2D eigenvalue weighted by Crippen LogP contribution is 2.21. The minimum Gasteiger partial charge on any atom is -0.463 e. The Hall–Kier alpha value is -2.87. The van der Waals surface area contributed by atoms with Crippen LogP contribution in [0.25, 0.3) is 11.5 Å². The van der Waals surface area contributed by atoms with E-state index in [0.29, 0.717) is 35.3 Å². The number of aromatic nitrogens is 4. The number of furan rings is 1. The second kappa shape index (κ2) is 7.17. The molecule has 4 heterocycles. The van der Waals surface area contributed by atoms with Crippen LogP contribution in [0.1, 0.15) is 23.3 Å². The van der Waals surface area contributed by atoms with Crippen molar-refractivity contribution in [3.8, 4) is 17.5 Å². The van der Waals surface area contributed by atoms with Crippen molar-refractivity contribution in [2.75, 3.05) is 13.1 Å². The average molecular weight is 374 g/mol. The molecular formula is C17H16ClN5O3. The molecule has 1 atom stereocenters. The number of piperidine rings is 1. The van der Waals surface area contributed by atoms with E-state index in [0.717, 1.165) is 12.8 Å². The van der Waals surface area contributed by atoms with Gasteiger partial charge < -0.3 is 14.1 Å². The van der Waals surface area contributed by atoms with Crippen LogP contribution in [0.3, 0.4) is 0 Å². The van der Waals surface area contributed by atoms with Gasteiger partial charge in [-0.2, -0.15) is 5.10 Å². The zero-order chi connectivity index (χ0) is 17.9. The molecule has 1 unspecified atom stereocenters. The minimum absolute atomic E-state index is 0.149. The second-order valence-corrected chi connectivity index (χ2v) is 6.40. The van der Waals surface area contributed by atoms with Crippen LogP contribution in [0.2, 0.25) is 5.02 Å². The van der Waals surface area contributed by atoms with Crippen molar-refractivity contribution in [3.05, 3.63) is 47.6 Å². The third kappa shape index (κ3) is 3.55. The van der Waals surface area contributed by atoms with Crippen LogP contribution in [0.4, 0.5) is 0 Å². The molecule has 1 saturated heterocycles. The third-order valence-corrected chi connectivity index (χ3v) is 4.31. The van der Waals surface area contributed by atoms with Gasteiger partial charge in [-0.25, -0.2) is 9.97 Å². The van der Waals surface area contributed by atoms with Crippen LogP contribution in [-0.2, 0) is 0 Å². The van der Waals surface area contributed by atoms with Gasteiger partial charge in [-0.3, -0.25) is 9.89 Å². The molecule has 0 saturated carbocycles. The molecule has 3 aromatic rings. The minimum atomic E-state index is -0.169. The molecule has 26 heavy (non-hydrogen) atoms. The lowest BCUT2D eigenvalue weighted by atomic mass is 10.1. The van der Waals surface area contributed by atoms with Crippen molar-refractivity contribution in [1.82, 2.24) is 25.1 Å². The van der Waals surface area contributed by atoms with E-state index >= 15 is 0 Å². The van der Waals surface area contributed by atoms with Gasteiger partial charge in [0.15, 0.2) is 11.5 Å². The molecule has 1 aliphatic heterocycles. The number of halogens is 1. The number of amides is 1. The third-order valence-electron chi connectivity index (χ3n) is 4.12. The topological polar surface area (TPSA) is 97.1 Å². The monoisotopic (exact) mass is 373 g/mol. The lowest BCUT2D eigenvalue weighted by molar-refractivity contribution is 0.0510. The molecule has 0 aromatic carbocycles. The Morgan fingerprint density at radius 1 is 1.38 bits per heavy atom. The van der Waals surface area contributed by atoms with Gasteiger partial charge in [-0.1, -0.05) is 11.6 Å². The van der Waals surface area contributed by atoms with Crippen LogP contribution in [0.15, 0.2) is 41.3 Å². The summed E-state index contributed by atoms with van der Waals surface area (Å²) in [6.45, 7) is 1.11. The lowest BCUT2D eigenvalue weighted by Gasteiger charge is -2.31. The number of rotatable bonds is 4. The van der Waals surface area contributed by atoms with E-state index in [1.54, 1.807) is 29.4 Å². The van der Waals surface area contributed by atoms with Crippen molar-refractivity contribution in [1.29, 1.82) is 0 Å². The van der Waals surface area contributed by atoms with Gasteiger partial charge in [0.25, 0.3) is 5.91 Å². The number of ether oxygens (including phenoxy) is 1. The first-order valence-corrected chi connectivity index (χ1v) is 8.59. The maximum absolute atomic E-state index is 12.7. The molecule has 3 aromatic heterocycles. The second-order valence-electron chi connectivity index (χ2n) is 5.96. The van der Waals surface area contributed by atoms with Gasteiger partial charge in [0.2, 0.25) is 0 Å². The van der Waals surface area contributed by atoms with Crippen LogP contribution >= 0.6 is 11.6 Å². The fourth-order valence-electron chi connectivity index (χ4n) is 2.88. The zero-order valence-corrected chi connectivity index (χ0v) is 14.5. The smallest absolute Gasteiger partial charge is 0.316 e. The molecule has 1 fully saturated rings. The molecule has 0 radical (unpaired) electrons. The molecular weight excluding hydrogens is 358 g/mol. The van der Waals surface area contributed by atoms with Gasteiger partial charge >= 0.3 is 6.01 Å². The van der Waals surface area contributed by atoms with Gasteiger partial charge in [-0.15, -0.1) is 0 Å². The van der Waals surface area contributed by atoms with E-state index in [2.05, 4.69) is 20.2 Å². The Balaban J connectivity index is 1.42. The van der Waals surface area contributed by atoms with E-state index in [1.165, 1.54) is 12.4 Å². The lowest BCUT2D eigenvalue weighted by Crippen LogP contribution is -2.44. The van der Waals surface area contributed by atoms with Crippen molar-refractivity contribution in [2.24, 2.45) is 0 Å². The molecule has 0 bridgehead atoms. The van der Waals surface area contributed by atoms with Gasteiger partial charge in [0, 0.05) is 12.6 Å². The van der Waals surface area contributed by atoms with Gasteiger partial charge in [0.05, 0.1) is 30.2 Å². The van der Waals surface area contributed by atoms with Crippen molar-refractivity contribution >= 4 is 17.5 Å². The maximum atomic E-state index is 12.7. The number of carbonyl (C=O) groups excluding carboxylic acids is 1. The Morgan fingerprint density at radius 3 is 3.00 bits per heavy atom. The van der Waals surface area contributed by atoms with Crippen LogP contribution < -0.4 is 4.74 Å². The van der Waals surface area contributed by atoms with Gasteiger partial charge in [-0.05, 0) is 25.0 Å². The standard InChI is InChI=1S/C17H16ClN5O3/c18-11-8-19-17(20-9-11)26-12-3-1-5-23(10-12)16(24)14-7-13(21-22-14)15-4-2-6-25-15/h2,4,6-9,12H,1,3,5,10H2,(H,21,22). The van der Waals surface area contributed by atoms with E-state index in [-0.39, 0.29) is 18.0 Å². The number of carbonyl (C=O) groups is 1. The fourth-order valence-corrected chi connectivity index (χ4v) is 2.98. The number of nitrogens with one attached hydrogen (secondary N) is 1. The molecule has 0 spiro atoms. The van der Waals surface area contributed by atoms with Crippen molar-refractivity contribution in [3.63, 3.8) is 0 Å². The summed E-state index contributed by atoms with van der Waals surface area (Å²) in [7, 11) is 0. The van der Waals surface area contributed by atoms with E-state index in [1.807, 2.05) is 0 Å². The highest BCUT2D eigenvalue weighted by molar-refractivity contribution is 6.30. The van der Waals surface area contributed by atoms with Gasteiger partial charge in [0.1, 0.15) is 11.8 Å². The molecule has 0 aliphatic carbocycles. The SMILES string of the molecule is O=C(c1cc(-c2ccco2)[nH]n1)N1CCCC(Oc2ncc(Cl)cn2)C1. The Kier molecular flexibility index (Phi) is 4.57. The molecule has 1 amide bonds. The molecule has 1 aliphatic rings. The first-order valence-electron chi connectivity index (χ1n) is 8.22. The number of hydrogen-bond acceptors (Lipinski definition) is 6. The highest BCUT2D eigenvalue weighted by atomic mass is 35.5. The van der Waals surface area contributed by atoms with E-state index < -0.39 is 0 Å². The summed E-state index contributed by atoms with van der Waals surface area (Å²) in [6, 6.07) is 5.53. The Morgan fingerprint density at radius 2 is 2.23 bits per heavy atom. The molecule has 1 N–H and O–H groups in total. The normalized spacial score (nSPS) is 17.3. The summed E-state index contributed by atoms with van der Waals surface area (Å²) in [5.74, 6) is 0.487. The largest absolute Gasteiger partial charge is 0.463 e.